The van der Waals surface area contributed by atoms with Crippen molar-refractivity contribution in [2.24, 2.45) is 0 Å². The van der Waals surface area contributed by atoms with Crippen LogP contribution in [-0.4, -0.2) is 50.3 Å². The number of likely N-dealkylation sites (N-methyl/N-ethyl adjacent to an activating group) is 2. The van der Waals surface area contributed by atoms with Gasteiger partial charge in [0, 0.05) is 45.9 Å². The van der Waals surface area contributed by atoms with Crippen LogP contribution in [-0.2, 0) is 14.4 Å². The zero-order valence-corrected chi connectivity index (χ0v) is 19.1. The largest absolute Gasteiger partial charge is 0.356 e. The number of hydrogen-bond donors (Lipinski definition) is 2. The molecule has 0 aromatic carbocycles. The molecule has 0 unspecified atom stereocenters. The molecule has 0 spiro atoms. The molecule has 0 aliphatic carbocycles. The summed E-state index contributed by atoms with van der Waals surface area (Å²) in [5.74, 6) is -0.158. The number of carbonyl (C=O) groups is 3. The predicted molar refractivity (Wildman–Crippen MR) is 128 cm³/mol. The van der Waals surface area contributed by atoms with E-state index in [0.717, 1.165) is 0 Å². The highest BCUT2D eigenvalue weighted by atomic mass is 16.2. The third-order valence-electron chi connectivity index (χ3n) is 2.75. The van der Waals surface area contributed by atoms with Crippen LogP contribution in [0.15, 0.2) is 85.6 Å². The van der Waals surface area contributed by atoms with Gasteiger partial charge in [-0.25, -0.2) is 0 Å². The Morgan fingerprint density at radius 2 is 1.20 bits per heavy atom. The van der Waals surface area contributed by atoms with Gasteiger partial charge in [0.25, 0.3) is 0 Å². The fourth-order valence-corrected chi connectivity index (χ4v) is 1.22. The first-order chi connectivity index (χ1) is 14.3. The van der Waals surface area contributed by atoms with Crippen LogP contribution >= 0.6 is 0 Å². The quantitative estimate of drug-likeness (QED) is 0.362. The number of amides is 3. The SMILES string of the molecule is C/C=C/C=C/C(=O)N(C)C.C/C=C/C=C/C(=O)NC.C=CCNC(=O)/C=C/C=C/C. The van der Waals surface area contributed by atoms with Gasteiger partial charge in [-0.2, -0.15) is 0 Å². The summed E-state index contributed by atoms with van der Waals surface area (Å²) >= 11 is 0. The van der Waals surface area contributed by atoms with Crippen LogP contribution in [0.5, 0.6) is 0 Å². The Morgan fingerprint density at radius 1 is 0.767 bits per heavy atom. The Balaban J connectivity index is -0.000000366. The molecule has 6 heteroatoms. The highest BCUT2D eigenvalue weighted by molar-refractivity contribution is 5.88. The minimum Gasteiger partial charge on any atom is -0.356 e. The number of nitrogens with one attached hydrogen (secondary N) is 2. The maximum absolute atomic E-state index is 10.8. The number of rotatable bonds is 8. The van der Waals surface area contributed by atoms with Crippen molar-refractivity contribution in [1.29, 1.82) is 0 Å². The fraction of sp³-hybridized carbons (Fsp3) is 0.292. The van der Waals surface area contributed by atoms with Crippen LogP contribution in [0.4, 0.5) is 0 Å². The van der Waals surface area contributed by atoms with Crippen molar-refractivity contribution in [1.82, 2.24) is 15.5 Å². The summed E-state index contributed by atoms with van der Waals surface area (Å²) in [4.78, 5) is 33.6. The molecule has 0 fully saturated rings. The van der Waals surface area contributed by atoms with Crippen LogP contribution in [0.2, 0.25) is 0 Å². The van der Waals surface area contributed by atoms with Gasteiger partial charge in [0.1, 0.15) is 0 Å². The van der Waals surface area contributed by atoms with Crippen molar-refractivity contribution in [3.63, 3.8) is 0 Å². The van der Waals surface area contributed by atoms with E-state index in [4.69, 9.17) is 0 Å². The summed E-state index contributed by atoms with van der Waals surface area (Å²) in [5, 5.41) is 5.08. The second kappa shape index (κ2) is 25.6. The monoisotopic (exact) mass is 415 g/mol. The summed E-state index contributed by atoms with van der Waals surface area (Å²) in [5.41, 5.74) is 0. The average Bonchev–Trinajstić information content (AvgIpc) is 2.73. The number of carbonyl (C=O) groups excluding carboxylic acids is 3. The molecule has 0 atom stereocenters. The van der Waals surface area contributed by atoms with E-state index in [1.807, 2.05) is 45.1 Å². The van der Waals surface area contributed by atoms with E-state index in [0.29, 0.717) is 6.54 Å². The summed E-state index contributed by atoms with van der Waals surface area (Å²) in [6.07, 6.45) is 22.2. The van der Waals surface area contributed by atoms with E-state index in [9.17, 15) is 14.4 Å². The van der Waals surface area contributed by atoms with Crippen LogP contribution in [0.1, 0.15) is 20.8 Å². The predicted octanol–water partition coefficient (Wildman–Crippen LogP) is 3.49. The molecule has 0 aliphatic heterocycles. The van der Waals surface area contributed by atoms with Crippen LogP contribution in [0, 0.1) is 0 Å². The van der Waals surface area contributed by atoms with Crippen molar-refractivity contribution in [3.8, 4) is 0 Å². The molecule has 6 nitrogen and oxygen atoms in total. The molecule has 0 aromatic rings. The van der Waals surface area contributed by atoms with Crippen molar-refractivity contribution in [2.45, 2.75) is 20.8 Å². The van der Waals surface area contributed by atoms with Gasteiger partial charge in [-0.15, -0.1) is 6.58 Å². The van der Waals surface area contributed by atoms with E-state index in [-0.39, 0.29) is 17.7 Å². The third kappa shape index (κ3) is 29.4. The topological polar surface area (TPSA) is 78.5 Å². The third-order valence-corrected chi connectivity index (χ3v) is 2.75. The molecule has 166 valence electrons. The van der Waals surface area contributed by atoms with Gasteiger partial charge in [0.2, 0.25) is 17.7 Å². The molecule has 0 saturated carbocycles. The van der Waals surface area contributed by atoms with Gasteiger partial charge in [0.15, 0.2) is 0 Å². The van der Waals surface area contributed by atoms with E-state index in [1.165, 1.54) is 23.1 Å². The van der Waals surface area contributed by atoms with Gasteiger partial charge >= 0.3 is 0 Å². The first-order valence-corrected chi connectivity index (χ1v) is 9.50. The van der Waals surface area contributed by atoms with Gasteiger partial charge in [0.05, 0.1) is 0 Å². The number of hydrogen-bond acceptors (Lipinski definition) is 3. The Bertz CT molecular complexity index is 653. The van der Waals surface area contributed by atoms with Gasteiger partial charge in [-0.1, -0.05) is 60.8 Å². The van der Waals surface area contributed by atoms with Crippen molar-refractivity contribution >= 4 is 17.7 Å². The minimum absolute atomic E-state index is 0.0121. The van der Waals surface area contributed by atoms with E-state index < -0.39 is 0 Å². The van der Waals surface area contributed by atoms with Gasteiger partial charge in [-0.05, 0) is 20.8 Å². The molecule has 2 N–H and O–H groups in total. The molecule has 0 aliphatic rings. The molecule has 30 heavy (non-hydrogen) atoms. The summed E-state index contributed by atoms with van der Waals surface area (Å²) < 4.78 is 0. The maximum Gasteiger partial charge on any atom is 0.246 e. The standard InChI is InChI=1S/C9H13NO.C8H13NO.C7H11NO/c1-3-5-6-7-9(11)10-8-4-2;1-4-5-6-7-8(10)9(2)3;1-3-4-5-6-7(9)8-2/h3-7H,2,8H2,1H3,(H,10,11);4-7H,1-3H3;3-6H,1-2H3,(H,8,9)/b5-3+,7-6+;5-4+,7-6+;4-3+,6-5+. The smallest absolute Gasteiger partial charge is 0.246 e. The Hall–Kier alpha value is -3.41. The second-order valence-corrected chi connectivity index (χ2v) is 5.54. The highest BCUT2D eigenvalue weighted by Crippen LogP contribution is 1.82. The van der Waals surface area contributed by atoms with Crippen molar-refractivity contribution < 1.29 is 14.4 Å². The van der Waals surface area contributed by atoms with Gasteiger partial charge in [-0.3, -0.25) is 14.4 Å². The normalized spacial score (nSPS) is 10.9. The first kappa shape index (κ1) is 31.3. The second-order valence-electron chi connectivity index (χ2n) is 5.54. The van der Waals surface area contributed by atoms with E-state index in [2.05, 4.69) is 17.2 Å². The molecular formula is C24H37N3O3. The summed E-state index contributed by atoms with van der Waals surface area (Å²) in [7, 11) is 5.05. The lowest BCUT2D eigenvalue weighted by atomic mass is 10.4. The maximum atomic E-state index is 10.8. The Labute approximate surface area is 182 Å². The molecule has 0 aromatic heterocycles. The van der Waals surface area contributed by atoms with E-state index >= 15 is 0 Å². The Morgan fingerprint density at radius 3 is 1.57 bits per heavy atom. The molecule has 3 amide bonds. The minimum atomic E-state index is -0.0944. The fourth-order valence-electron chi connectivity index (χ4n) is 1.22. The average molecular weight is 416 g/mol. The highest BCUT2D eigenvalue weighted by Gasteiger charge is 1.93. The summed E-state index contributed by atoms with van der Waals surface area (Å²) in [6, 6.07) is 0. The molecule has 0 saturated heterocycles. The molecule has 0 radical (unpaired) electrons. The van der Waals surface area contributed by atoms with Crippen LogP contribution in [0.3, 0.4) is 0 Å². The molecule has 0 bridgehead atoms. The van der Waals surface area contributed by atoms with Crippen LogP contribution in [0.25, 0.3) is 0 Å². The molecule has 0 heterocycles. The number of nitrogens with zero attached hydrogens (tertiary/aromatic N) is 1. The van der Waals surface area contributed by atoms with Crippen molar-refractivity contribution in [3.05, 3.63) is 85.6 Å². The Kier molecular flexibility index (Phi) is 26.7. The van der Waals surface area contributed by atoms with Crippen LogP contribution < -0.4 is 10.6 Å². The number of allylic oxidation sites excluding steroid dienone is 9. The molecular weight excluding hydrogens is 378 g/mol. The summed E-state index contributed by atoms with van der Waals surface area (Å²) in [6.45, 7) is 9.69. The lowest BCUT2D eigenvalue weighted by molar-refractivity contribution is -0.123. The zero-order chi connectivity index (χ0) is 23.6. The first-order valence-electron chi connectivity index (χ1n) is 9.50. The lowest BCUT2D eigenvalue weighted by Gasteiger charge is -2.04. The van der Waals surface area contributed by atoms with Crippen molar-refractivity contribution in [2.75, 3.05) is 27.7 Å². The lowest BCUT2D eigenvalue weighted by Crippen LogP contribution is -2.20. The van der Waals surface area contributed by atoms with E-state index in [1.54, 1.807) is 57.6 Å². The van der Waals surface area contributed by atoms with Gasteiger partial charge < -0.3 is 15.5 Å². The zero-order valence-electron chi connectivity index (χ0n) is 19.1. The molecule has 0 rings (SSSR count).